The van der Waals surface area contributed by atoms with Crippen LogP contribution in [0.5, 0.6) is 0 Å². The molecule has 1 amide bonds. The number of carbonyl (C=O) groups excluding carboxylic acids is 1. The number of carbonyl (C=O) groups is 1. The summed E-state index contributed by atoms with van der Waals surface area (Å²) >= 11 is 1.63. The van der Waals surface area contributed by atoms with Crippen LogP contribution in [0.25, 0.3) is 11.1 Å². The average Bonchev–Trinajstić information content (AvgIpc) is 3.25. The second kappa shape index (κ2) is 7.88. The van der Waals surface area contributed by atoms with Crippen LogP contribution in [0.3, 0.4) is 0 Å². The van der Waals surface area contributed by atoms with Crippen LogP contribution in [-0.4, -0.2) is 15.7 Å². The molecule has 6 heteroatoms. The Hall–Kier alpha value is -2.47. The average molecular weight is 343 g/mol. The van der Waals surface area contributed by atoms with E-state index in [1.807, 2.05) is 28.4 Å². The monoisotopic (exact) mass is 343 g/mol. The minimum Gasteiger partial charge on any atom is -0.351 e. The number of aryl methyl sites for hydroxylation is 1. The van der Waals surface area contributed by atoms with Crippen molar-refractivity contribution >= 4 is 17.2 Å². The van der Waals surface area contributed by atoms with Crippen LogP contribution in [0.4, 0.5) is 4.39 Å². The highest BCUT2D eigenvalue weighted by Gasteiger charge is 2.05. The van der Waals surface area contributed by atoms with Gasteiger partial charge in [0.15, 0.2) is 0 Å². The molecule has 4 nitrogen and oxygen atoms in total. The van der Waals surface area contributed by atoms with Gasteiger partial charge in [-0.2, -0.15) is 5.10 Å². The summed E-state index contributed by atoms with van der Waals surface area (Å²) in [5.74, 6) is -0.200. The molecular formula is C18H18FN3OS. The fourth-order valence-corrected chi connectivity index (χ4v) is 3.01. The number of nitrogens with zero attached hydrogens (tertiary/aromatic N) is 2. The SMILES string of the molecule is O=C(CCCn1cc(-c2ccc(F)cc2)cn1)NCc1cccs1. The molecule has 2 heterocycles. The zero-order valence-electron chi connectivity index (χ0n) is 13.1. The summed E-state index contributed by atoms with van der Waals surface area (Å²) in [6, 6.07) is 10.3. The zero-order chi connectivity index (χ0) is 16.8. The number of aromatic nitrogens is 2. The topological polar surface area (TPSA) is 46.9 Å². The molecule has 1 aromatic carbocycles. The lowest BCUT2D eigenvalue weighted by atomic mass is 10.1. The first-order valence-electron chi connectivity index (χ1n) is 7.78. The van der Waals surface area contributed by atoms with E-state index in [1.165, 1.54) is 12.1 Å². The van der Waals surface area contributed by atoms with Crippen LogP contribution in [0.15, 0.2) is 54.2 Å². The normalized spacial score (nSPS) is 10.7. The van der Waals surface area contributed by atoms with Crippen LogP contribution in [0.1, 0.15) is 17.7 Å². The molecule has 0 aliphatic carbocycles. The van der Waals surface area contributed by atoms with E-state index in [9.17, 15) is 9.18 Å². The van der Waals surface area contributed by atoms with E-state index < -0.39 is 0 Å². The Morgan fingerprint density at radius 3 is 2.79 bits per heavy atom. The fraction of sp³-hybridized carbons (Fsp3) is 0.222. The molecule has 0 saturated carbocycles. The third-order valence-corrected chi connectivity index (χ3v) is 4.52. The van der Waals surface area contributed by atoms with Gasteiger partial charge in [-0.15, -0.1) is 11.3 Å². The Morgan fingerprint density at radius 1 is 1.21 bits per heavy atom. The van der Waals surface area contributed by atoms with Crippen molar-refractivity contribution in [2.75, 3.05) is 0 Å². The summed E-state index contributed by atoms with van der Waals surface area (Å²) < 4.78 is 14.8. The molecule has 1 N–H and O–H groups in total. The summed E-state index contributed by atoms with van der Waals surface area (Å²) in [5, 5.41) is 9.20. The number of hydrogen-bond donors (Lipinski definition) is 1. The molecule has 3 rings (SSSR count). The standard InChI is InChI=1S/C18H18FN3OS/c19-16-7-5-14(6-8-16)15-11-21-22(13-15)9-1-4-18(23)20-12-17-3-2-10-24-17/h2-3,5-8,10-11,13H,1,4,9,12H2,(H,20,23). The van der Waals surface area contributed by atoms with Crippen LogP contribution in [0.2, 0.25) is 0 Å². The first-order chi connectivity index (χ1) is 11.7. The second-order valence-corrected chi connectivity index (χ2v) is 6.49. The first kappa shape index (κ1) is 16.4. The van der Waals surface area contributed by atoms with Crippen LogP contribution < -0.4 is 5.32 Å². The predicted octanol–water partition coefficient (Wildman–Crippen LogP) is 3.85. The quantitative estimate of drug-likeness (QED) is 0.708. The number of amides is 1. The van der Waals surface area contributed by atoms with Crippen molar-refractivity contribution in [1.29, 1.82) is 0 Å². The van der Waals surface area contributed by atoms with Crippen LogP contribution in [0, 0.1) is 5.82 Å². The number of halogens is 1. The summed E-state index contributed by atoms with van der Waals surface area (Å²) in [4.78, 5) is 13.0. The lowest BCUT2D eigenvalue weighted by Crippen LogP contribution is -2.22. The highest BCUT2D eigenvalue weighted by Crippen LogP contribution is 2.18. The van der Waals surface area contributed by atoms with Crippen molar-refractivity contribution in [3.8, 4) is 11.1 Å². The molecular weight excluding hydrogens is 325 g/mol. The van der Waals surface area contributed by atoms with Crippen molar-refractivity contribution in [1.82, 2.24) is 15.1 Å². The molecule has 0 aliphatic heterocycles. The molecule has 0 aliphatic rings. The van der Waals surface area contributed by atoms with Crippen molar-refractivity contribution < 1.29 is 9.18 Å². The van der Waals surface area contributed by atoms with Gasteiger partial charge in [-0.25, -0.2) is 4.39 Å². The van der Waals surface area contributed by atoms with E-state index in [4.69, 9.17) is 0 Å². The van der Waals surface area contributed by atoms with Gasteiger partial charge in [0.2, 0.25) is 5.91 Å². The van der Waals surface area contributed by atoms with E-state index in [0.717, 1.165) is 22.4 Å². The largest absolute Gasteiger partial charge is 0.351 e. The lowest BCUT2D eigenvalue weighted by Gasteiger charge is -2.04. The maximum Gasteiger partial charge on any atom is 0.220 e. The summed E-state index contributed by atoms with van der Waals surface area (Å²) in [6.07, 6.45) is 4.86. The van der Waals surface area contributed by atoms with Crippen molar-refractivity contribution in [3.05, 3.63) is 64.9 Å². The molecule has 0 radical (unpaired) electrons. The maximum atomic E-state index is 12.9. The minimum absolute atomic E-state index is 0.0503. The van der Waals surface area contributed by atoms with E-state index in [1.54, 1.807) is 29.7 Å². The molecule has 0 unspecified atom stereocenters. The number of rotatable bonds is 7. The van der Waals surface area contributed by atoms with Gasteiger partial charge in [-0.05, 0) is 35.6 Å². The Morgan fingerprint density at radius 2 is 2.04 bits per heavy atom. The Bertz CT molecular complexity index is 781. The number of nitrogens with one attached hydrogen (secondary N) is 1. The van der Waals surface area contributed by atoms with E-state index >= 15 is 0 Å². The van der Waals surface area contributed by atoms with Gasteiger partial charge in [-0.1, -0.05) is 18.2 Å². The van der Waals surface area contributed by atoms with Crippen molar-refractivity contribution in [2.45, 2.75) is 25.9 Å². The molecule has 124 valence electrons. The van der Waals surface area contributed by atoms with Gasteiger partial charge in [0.25, 0.3) is 0 Å². The minimum atomic E-state index is -0.250. The number of thiophene rings is 1. The molecule has 2 aromatic heterocycles. The highest BCUT2D eigenvalue weighted by molar-refractivity contribution is 7.09. The van der Waals surface area contributed by atoms with E-state index in [2.05, 4.69) is 10.4 Å². The Kier molecular flexibility index (Phi) is 5.38. The first-order valence-corrected chi connectivity index (χ1v) is 8.66. The zero-order valence-corrected chi connectivity index (χ0v) is 13.9. The molecule has 0 atom stereocenters. The van der Waals surface area contributed by atoms with Crippen molar-refractivity contribution in [3.63, 3.8) is 0 Å². The molecule has 0 bridgehead atoms. The van der Waals surface area contributed by atoms with E-state index in [0.29, 0.717) is 19.5 Å². The molecule has 0 spiro atoms. The van der Waals surface area contributed by atoms with Crippen molar-refractivity contribution in [2.24, 2.45) is 0 Å². The second-order valence-electron chi connectivity index (χ2n) is 5.46. The Labute approximate surface area is 143 Å². The third kappa shape index (κ3) is 4.52. The maximum absolute atomic E-state index is 12.9. The summed E-state index contributed by atoms with van der Waals surface area (Å²) in [7, 11) is 0. The lowest BCUT2D eigenvalue weighted by molar-refractivity contribution is -0.121. The highest BCUT2D eigenvalue weighted by atomic mass is 32.1. The third-order valence-electron chi connectivity index (χ3n) is 3.64. The Balaban J connectivity index is 1.43. The van der Waals surface area contributed by atoms with E-state index in [-0.39, 0.29) is 11.7 Å². The van der Waals surface area contributed by atoms with Gasteiger partial charge in [0, 0.05) is 29.6 Å². The smallest absolute Gasteiger partial charge is 0.220 e. The summed E-state index contributed by atoms with van der Waals surface area (Å²) in [5.41, 5.74) is 1.87. The van der Waals surface area contributed by atoms with Gasteiger partial charge in [0.1, 0.15) is 5.82 Å². The molecule has 24 heavy (non-hydrogen) atoms. The van der Waals surface area contributed by atoms with Gasteiger partial charge in [0.05, 0.1) is 12.7 Å². The van der Waals surface area contributed by atoms with Crippen LogP contribution in [-0.2, 0) is 17.9 Å². The van der Waals surface area contributed by atoms with Crippen LogP contribution >= 0.6 is 11.3 Å². The van der Waals surface area contributed by atoms with Gasteiger partial charge < -0.3 is 5.32 Å². The molecule has 0 fully saturated rings. The molecule has 3 aromatic rings. The molecule has 0 saturated heterocycles. The fourth-order valence-electron chi connectivity index (χ4n) is 2.37. The summed E-state index contributed by atoms with van der Waals surface area (Å²) in [6.45, 7) is 1.26. The predicted molar refractivity (Wildman–Crippen MR) is 93.0 cm³/mol. The van der Waals surface area contributed by atoms with Gasteiger partial charge >= 0.3 is 0 Å². The number of benzene rings is 1. The number of hydrogen-bond acceptors (Lipinski definition) is 3. The van der Waals surface area contributed by atoms with Gasteiger partial charge in [-0.3, -0.25) is 9.48 Å².